The van der Waals surface area contributed by atoms with Gasteiger partial charge in [-0.3, -0.25) is 4.79 Å². The van der Waals surface area contributed by atoms with Crippen molar-refractivity contribution in [3.63, 3.8) is 0 Å². The molecule has 0 radical (unpaired) electrons. The summed E-state index contributed by atoms with van der Waals surface area (Å²) in [6.07, 6.45) is 1.71. The first-order valence-corrected chi connectivity index (χ1v) is 4.70. The molecule has 1 atom stereocenters. The zero-order valence-corrected chi connectivity index (χ0v) is 7.92. The zero-order chi connectivity index (χ0) is 9.42. The first kappa shape index (κ1) is 8.78. The third-order valence-corrected chi connectivity index (χ3v) is 2.75. The van der Waals surface area contributed by atoms with Crippen LogP contribution in [0.5, 0.6) is 0 Å². The molecule has 2 N–H and O–H groups in total. The topological polar surface area (TPSA) is 48.0 Å². The van der Waals surface area contributed by atoms with Gasteiger partial charge in [-0.1, -0.05) is 11.6 Å². The lowest BCUT2D eigenvalue weighted by molar-refractivity contribution is 0.447. The van der Waals surface area contributed by atoms with E-state index < -0.39 is 0 Å². The van der Waals surface area contributed by atoms with Gasteiger partial charge in [0.1, 0.15) is 0 Å². The van der Waals surface area contributed by atoms with E-state index in [4.69, 9.17) is 17.3 Å². The molecule has 70 valence electrons. The van der Waals surface area contributed by atoms with Gasteiger partial charge in [-0.15, -0.1) is 0 Å². The predicted octanol–water partition coefficient (Wildman–Crippen LogP) is 0.775. The summed E-state index contributed by atoms with van der Waals surface area (Å²) >= 11 is 5.96. The minimum atomic E-state index is -0.00505. The maximum atomic E-state index is 11.4. The van der Waals surface area contributed by atoms with Gasteiger partial charge in [0.05, 0.1) is 5.02 Å². The number of rotatable bonds is 0. The fraction of sp³-hybridized carbons (Fsp3) is 0.444. The Morgan fingerprint density at radius 1 is 1.54 bits per heavy atom. The second-order valence-corrected chi connectivity index (χ2v) is 3.78. The Bertz CT molecular complexity index is 386. The van der Waals surface area contributed by atoms with Crippen LogP contribution in [0.15, 0.2) is 16.9 Å². The highest BCUT2D eigenvalue weighted by Crippen LogP contribution is 2.19. The molecule has 1 unspecified atom stereocenters. The predicted molar refractivity (Wildman–Crippen MR) is 52.0 cm³/mol. The van der Waals surface area contributed by atoms with Crippen molar-refractivity contribution >= 4 is 11.6 Å². The maximum Gasteiger partial charge on any atom is 0.250 e. The molecule has 3 nitrogen and oxygen atoms in total. The summed E-state index contributed by atoms with van der Waals surface area (Å²) in [5.74, 6) is 0. The van der Waals surface area contributed by atoms with Gasteiger partial charge in [0.25, 0.3) is 5.56 Å². The molecule has 0 spiro atoms. The van der Waals surface area contributed by atoms with Crippen LogP contribution in [0.3, 0.4) is 0 Å². The summed E-state index contributed by atoms with van der Waals surface area (Å²) < 4.78 is 1.68. The highest BCUT2D eigenvalue weighted by atomic mass is 35.5. The fourth-order valence-electron chi connectivity index (χ4n) is 1.70. The molecule has 0 saturated heterocycles. The normalized spacial score (nSPS) is 21.2. The number of aromatic nitrogens is 1. The molecule has 0 bridgehead atoms. The zero-order valence-electron chi connectivity index (χ0n) is 7.16. The van der Waals surface area contributed by atoms with Crippen molar-refractivity contribution in [2.24, 2.45) is 5.73 Å². The van der Waals surface area contributed by atoms with Gasteiger partial charge in [-0.2, -0.15) is 0 Å². The first-order valence-electron chi connectivity index (χ1n) is 4.32. The number of halogens is 1. The highest BCUT2D eigenvalue weighted by Gasteiger charge is 2.17. The van der Waals surface area contributed by atoms with Gasteiger partial charge in [-0.05, 0) is 18.9 Å². The van der Waals surface area contributed by atoms with Gasteiger partial charge in [0.2, 0.25) is 0 Å². The summed E-state index contributed by atoms with van der Waals surface area (Å²) in [4.78, 5) is 11.4. The molecule has 1 aliphatic heterocycles. The largest absolute Gasteiger partial charge is 0.326 e. The van der Waals surface area contributed by atoms with Crippen molar-refractivity contribution in [2.75, 3.05) is 0 Å². The van der Waals surface area contributed by atoms with E-state index in [1.54, 1.807) is 10.6 Å². The lowest BCUT2D eigenvalue weighted by Gasteiger charge is -2.23. The molecule has 2 rings (SSSR count). The Labute approximate surface area is 81.1 Å². The van der Waals surface area contributed by atoms with Crippen LogP contribution in [0.25, 0.3) is 0 Å². The minimum absolute atomic E-state index is 0.00505. The summed E-state index contributed by atoms with van der Waals surface area (Å²) in [7, 11) is 0. The minimum Gasteiger partial charge on any atom is -0.326 e. The Kier molecular flexibility index (Phi) is 2.14. The molecule has 0 aliphatic carbocycles. The van der Waals surface area contributed by atoms with Gasteiger partial charge in [0.15, 0.2) is 0 Å². The molecule has 0 saturated carbocycles. The van der Waals surface area contributed by atoms with E-state index in [9.17, 15) is 4.79 Å². The SMILES string of the molecule is NC1CCc2c(Cl)ccc(=O)n2C1. The smallest absolute Gasteiger partial charge is 0.250 e. The van der Waals surface area contributed by atoms with Gasteiger partial charge in [0, 0.05) is 24.3 Å². The lowest BCUT2D eigenvalue weighted by Crippen LogP contribution is -2.38. The Morgan fingerprint density at radius 3 is 3.08 bits per heavy atom. The molecule has 0 amide bonds. The van der Waals surface area contributed by atoms with E-state index in [1.807, 2.05) is 0 Å². The van der Waals surface area contributed by atoms with Crippen molar-refractivity contribution in [3.05, 3.63) is 33.2 Å². The first-order chi connectivity index (χ1) is 6.18. The maximum absolute atomic E-state index is 11.4. The van der Waals surface area contributed by atoms with Crippen LogP contribution >= 0.6 is 11.6 Å². The molecule has 2 heterocycles. The number of pyridine rings is 1. The highest BCUT2D eigenvalue weighted by molar-refractivity contribution is 6.31. The number of fused-ring (bicyclic) bond motifs is 1. The Balaban J connectivity index is 2.57. The second kappa shape index (κ2) is 3.16. The summed E-state index contributed by atoms with van der Waals surface area (Å²) in [5.41, 5.74) is 6.69. The van der Waals surface area contributed by atoms with Crippen LogP contribution < -0.4 is 11.3 Å². The molecule has 1 aromatic rings. The molecule has 1 aliphatic rings. The molecular weight excluding hydrogens is 188 g/mol. The number of nitrogens with zero attached hydrogens (tertiary/aromatic N) is 1. The molecule has 1 aromatic heterocycles. The summed E-state index contributed by atoms with van der Waals surface area (Å²) in [5, 5.41) is 0.673. The quantitative estimate of drug-likeness (QED) is 0.670. The van der Waals surface area contributed by atoms with E-state index in [1.165, 1.54) is 6.07 Å². The van der Waals surface area contributed by atoms with Crippen LogP contribution in [0.4, 0.5) is 0 Å². The summed E-state index contributed by atoms with van der Waals surface area (Å²) in [6, 6.07) is 3.24. The number of nitrogens with two attached hydrogens (primary N) is 1. The van der Waals surface area contributed by atoms with Gasteiger partial charge < -0.3 is 10.3 Å². The molecule has 13 heavy (non-hydrogen) atoms. The molecular formula is C9H11ClN2O. The van der Waals surface area contributed by atoms with Crippen LogP contribution in [0.2, 0.25) is 5.02 Å². The Hall–Kier alpha value is -0.800. The third kappa shape index (κ3) is 1.49. The summed E-state index contributed by atoms with van der Waals surface area (Å²) in [6.45, 7) is 0.592. The van der Waals surface area contributed by atoms with Crippen molar-refractivity contribution in [2.45, 2.75) is 25.4 Å². The van der Waals surface area contributed by atoms with E-state index >= 15 is 0 Å². The van der Waals surface area contributed by atoms with Crippen molar-refractivity contribution in [1.29, 1.82) is 0 Å². The Morgan fingerprint density at radius 2 is 2.31 bits per heavy atom. The van der Waals surface area contributed by atoms with Crippen LogP contribution in [-0.2, 0) is 13.0 Å². The lowest BCUT2D eigenvalue weighted by atomic mass is 10.0. The fourth-order valence-corrected chi connectivity index (χ4v) is 1.95. The van der Waals surface area contributed by atoms with Crippen LogP contribution in [0.1, 0.15) is 12.1 Å². The second-order valence-electron chi connectivity index (χ2n) is 3.38. The van der Waals surface area contributed by atoms with E-state index in [-0.39, 0.29) is 11.6 Å². The van der Waals surface area contributed by atoms with Crippen LogP contribution in [0, 0.1) is 0 Å². The standard InChI is InChI=1S/C9H11ClN2O/c10-7-2-4-9(13)12-5-6(11)1-3-8(7)12/h2,4,6H,1,3,5,11H2. The third-order valence-electron chi connectivity index (χ3n) is 2.41. The molecule has 4 heteroatoms. The average Bonchev–Trinajstić information content (AvgIpc) is 2.12. The van der Waals surface area contributed by atoms with Gasteiger partial charge >= 0.3 is 0 Å². The van der Waals surface area contributed by atoms with Gasteiger partial charge in [-0.25, -0.2) is 0 Å². The molecule has 0 aromatic carbocycles. The number of hydrogen-bond acceptors (Lipinski definition) is 2. The van der Waals surface area contributed by atoms with E-state index in [0.29, 0.717) is 11.6 Å². The van der Waals surface area contributed by atoms with E-state index in [2.05, 4.69) is 0 Å². The number of hydrogen-bond donors (Lipinski definition) is 1. The van der Waals surface area contributed by atoms with E-state index in [0.717, 1.165) is 18.5 Å². The van der Waals surface area contributed by atoms with Crippen molar-refractivity contribution in [3.8, 4) is 0 Å². The molecule has 0 fully saturated rings. The van der Waals surface area contributed by atoms with Crippen molar-refractivity contribution < 1.29 is 0 Å². The van der Waals surface area contributed by atoms with Crippen LogP contribution in [-0.4, -0.2) is 10.6 Å². The van der Waals surface area contributed by atoms with Crippen molar-refractivity contribution in [1.82, 2.24) is 4.57 Å². The average molecular weight is 199 g/mol. The monoisotopic (exact) mass is 198 g/mol.